The third kappa shape index (κ3) is 2.74. The molecule has 2 aliphatic heterocycles. The molecule has 5 rings (SSSR count). The third-order valence-electron chi connectivity index (χ3n) is 4.84. The topological polar surface area (TPSA) is 113 Å². The van der Waals surface area contributed by atoms with E-state index in [0.717, 1.165) is 12.1 Å². The van der Waals surface area contributed by atoms with Gasteiger partial charge in [-0.1, -0.05) is 12.1 Å². The molecule has 0 radical (unpaired) electrons. The van der Waals surface area contributed by atoms with Crippen molar-refractivity contribution in [3.63, 3.8) is 0 Å². The number of anilines is 1. The summed E-state index contributed by atoms with van der Waals surface area (Å²) >= 11 is 0. The van der Waals surface area contributed by atoms with Gasteiger partial charge >= 0.3 is 6.18 Å². The van der Waals surface area contributed by atoms with E-state index in [1.54, 1.807) is 12.1 Å². The van der Waals surface area contributed by atoms with Gasteiger partial charge in [0.2, 0.25) is 0 Å². The van der Waals surface area contributed by atoms with E-state index in [1.165, 1.54) is 12.1 Å². The predicted molar refractivity (Wildman–Crippen MR) is 99.8 cm³/mol. The van der Waals surface area contributed by atoms with E-state index in [9.17, 15) is 27.6 Å². The number of para-hydroxylation sites is 2. The smallest absolute Gasteiger partial charge is 0.416 e. The number of ether oxygens (including phenoxy) is 2. The van der Waals surface area contributed by atoms with Crippen molar-refractivity contribution < 1.29 is 32.2 Å². The van der Waals surface area contributed by atoms with E-state index < -0.39 is 40.6 Å². The molecule has 0 unspecified atom stereocenters. The number of carbonyl (C=O) groups is 2. The maximum absolute atomic E-state index is 13.6. The summed E-state index contributed by atoms with van der Waals surface area (Å²) in [7, 11) is 0. The minimum absolute atomic E-state index is 0.180. The second-order valence-electron chi connectivity index (χ2n) is 6.75. The second kappa shape index (κ2) is 6.11. The number of nitrogens with two attached hydrogens (primary N) is 1. The second-order valence-corrected chi connectivity index (χ2v) is 6.75. The number of hydrogen-bond donors (Lipinski definition) is 2. The monoisotopic (exact) mass is 429 g/mol. The van der Waals surface area contributed by atoms with Gasteiger partial charge in [-0.2, -0.15) is 13.2 Å². The normalized spacial score (nSPS) is 14.2. The zero-order valence-corrected chi connectivity index (χ0v) is 15.2. The highest BCUT2D eigenvalue weighted by atomic mass is 19.4. The van der Waals surface area contributed by atoms with Crippen molar-refractivity contribution in [2.45, 2.75) is 6.18 Å². The number of alkyl halides is 3. The lowest BCUT2D eigenvalue weighted by Crippen LogP contribution is -2.25. The first kappa shape index (κ1) is 18.7. The summed E-state index contributed by atoms with van der Waals surface area (Å²) in [5, 5.41) is 1.99. The predicted octanol–water partition coefficient (Wildman–Crippen LogP) is 3.22. The molecule has 31 heavy (non-hydrogen) atoms. The molecule has 0 atom stereocenters. The number of amides is 2. The standard InChI is InChI=1S/C20H10F3N3O5/c21-20(22,23)8-5-10(16-13(6-8)30-11-3-1-2-4-12(11)31-16)26-14(27)7-9-15(17(26)24)19(29)25-18(9)28/h1-7H,24H2,(H,25,28,29). The first-order chi connectivity index (χ1) is 14.6. The van der Waals surface area contributed by atoms with Crippen LogP contribution in [-0.2, 0) is 6.18 Å². The molecule has 3 heterocycles. The molecule has 156 valence electrons. The summed E-state index contributed by atoms with van der Waals surface area (Å²) in [5.41, 5.74) is 2.96. The van der Waals surface area contributed by atoms with E-state index >= 15 is 0 Å². The lowest BCUT2D eigenvalue weighted by molar-refractivity contribution is -0.137. The number of benzene rings is 2. The SMILES string of the molecule is Nc1c2c(cc(=O)n1-c1cc(C(F)(F)F)cc3c1Oc1ccccc1O3)C(=O)NC2=O. The molecule has 11 heteroatoms. The Bertz CT molecular complexity index is 1380. The molecule has 2 aliphatic rings. The van der Waals surface area contributed by atoms with Gasteiger partial charge in [0.25, 0.3) is 17.4 Å². The van der Waals surface area contributed by atoms with E-state index in [2.05, 4.69) is 0 Å². The minimum Gasteiger partial charge on any atom is -0.449 e. The van der Waals surface area contributed by atoms with Gasteiger partial charge in [-0.15, -0.1) is 0 Å². The zero-order chi connectivity index (χ0) is 22.1. The Kier molecular flexibility index (Phi) is 3.69. The number of fused-ring (bicyclic) bond motifs is 3. The Hall–Kier alpha value is -4.28. The van der Waals surface area contributed by atoms with Gasteiger partial charge in [0, 0.05) is 6.07 Å². The maximum Gasteiger partial charge on any atom is 0.416 e. The van der Waals surface area contributed by atoms with Gasteiger partial charge in [-0.25, -0.2) is 0 Å². The van der Waals surface area contributed by atoms with E-state index in [-0.39, 0.29) is 34.1 Å². The fourth-order valence-corrected chi connectivity index (χ4v) is 3.47. The van der Waals surface area contributed by atoms with Crippen molar-refractivity contribution in [3.05, 3.63) is 69.5 Å². The first-order valence-corrected chi connectivity index (χ1v) is 8.76. The van der Waals surface area contributed by atoms with Gasteiger partial charge in [0.15, 0.2) is 23.0 Å². The molecule has 0 spiro atoms. The van der Waals surface area contributed by atoms with Crippen LogP contribution in [0.1, 0.15) is 26.3 Å². The Balaban J connectivity index is 1.82. The number of nitrogens with zero attached hydrogens (tertiary/aromatic N) is 1. The molecule has 0 fully saturated rings. The summed E-state index contributed by atoms with van der Waals surface area (Å²) < 4.78 is 52.7. The summed E-state index contributed by atoms with van der Waals surface area (Å²) in [6.45, 7) is 0. The van der Waals surface area contributed by atoms with Crippen molar-refractivity contribution >= 4 is 17.6 Å². The van der Waals surface area contributed by atoms with Crippen LogP contribution >= 0.6 is 0 Å². The molecule has 0 saturated heterocycles. The molecule has 3 N–H and O–H groups in total. The van der Waals surface area contributed by atoms with Gasteiger partial charge in [0.1, 0.15) is 5.82 Å². The molecule has 3 aromatic rings. The number of rotatable bonds is 1. The number of carbonyl (C=O) groups excluding carboxylic acids is 2. The Morgan fingerprint density at radius 2 is 1.58 bits per heavy atom. The highest BCUT2D eigenvalue weighted by Crippen LogP contribution is 2.50. The van der Waals surface area contributed by atoms with Crippen LogP contribution in [0, 0.1) is 0 Å². The quantitative estimate of drug-likeness (QED) is 0.450. The van der Waals surface area contributed by atoms with Crippen molar-refractivity contribution in [3.8, 4) is 28.7 Å². The highest BCUT2D eigenvalue weighted by Gasteiger charge is 2.37. The van der Waals surface area contributed by atoms with Gasteiger partial charge in [-0.05, 0) is 24.3 Å². The van der Waals surface area contributed by atoms with Crippen LogP contribution in [0.2, 0.25) is 0 Å². The number of aromatic nitrogens is 1. The fraction of sp³-hybridized carbons (Fsp3) is 0.0500. The molecule has 2 aromatic carbocycles. The molecule has 2 amide bonds. The van der Waals surface area contributed by atoms with Crippen LogP contribution in [0.4, 0.5) is 19.0 Å². The number of halogens is 3. The fourth-order valence-electron chi connectivity index (χ4n) is 3.47. The molecular formula is C20H10F3N3O5. The number of nitrogen functional groups attached to an aromatic ring is 1. The molecule has 0 aliphatic carbocycles. The highest BCUT2D eigenvalue weighted by molar-refractivity contribution is 6.23. The van der Waals surface area contributed by atoms with Crippen LogP contribution in [0.15, 0.2) is 47.3 Å². The van der Waals surface area contributed by atoms with Crippen molar-refractivity contribution in [1.82, 2.24) is 9.88 Å². The van der Waals surface area contributed by atoms with Crippen LogP contribution in [0.5, 0.6) is 23.0 Å². The molecule has 0 saturated carbocycles. The van der Waals surface area contributed by atoms with Gasteiger partial charge in [-0.3, -0.25) is 24.3 Å². The van der Waals surface area contributed by atoms with Crippen LogP contribution in [0.3, 0.4) is 0 Å². The zero-order valence-electron chi connectivity index (χ0n) is 15.2. The van der Waals surface area contributed by atoms with E-state index in [1.807, 2.05) is 5.32 Å². The summed E-state index contributed by atoms with van der Waals surface area (Å²) in [6.07, 6.45) is -4.79. The largest absolute Gasteiger partial charge is 0.449 e. The Labute approximate surface area is 170 Å². The number of nitrogens with one attached hydrogen (secondary N) is 1. The summed E-state index contributed by atoms with van der Waals surface area (Å²) in [5.74, 6) is -2.31. The van der Waals surface area contributed by atoms with Crippen LogP contribution in [-0.4, -0.2) is 16.4 Å². The van der Waals surface area contributed by atoms with Crippen LogP contribution in [0.25, 0.3) is 5.69 Å². The first-order valence-electron chi connectivity index (χ1n) is 8.76. The molecule has 8 nitrogen and oxygen atoms in total. The number of imide groups is 1. The molecular weight excluding hydrogens is 419 g/mol. The maximum atomic E-state index is 13.6. The van der Waals surface area contributed by atoms with E-state index in [0.29, 0.717) is 10.6 Å². The minimum atomic E-state index is -4.79. The molecule has 0 bridgehead atoms. The number of pyridine rings is 1. The van der Waals surface area contributed by atoms with Crippen molar-refractivity contribution in [2.24, 2.45) is 0 Å². The average molecular weight is 429 g/mol. The summed E-state index contributed by atoms with van der Waals surface area (Å²) in [4.78, 5) is 36.7. The van der Waals surface area contributed by atoms with Crippen molar-refractivity contribution in [1.29, 1.82) is 0 Å². The third-order valence-corrected chi connectivity index (χ3v) is 4.84. The van der Waals surface area contributed by atoms with E-state index in [4.69, 9.17) is 15.2 Å². The van der Waals surface area contributed by atoms with Crippen molar-refractivity contribution in [2.75, 3.05) is 5.73 Å². The lowest BCUT2D eigenvalue weighted by atomic mass is 10.1. The lowest BCUT2D eigenvalue weighted by Gasteiger charge is -2.25. The number of hydrogen-bond acceptors (Lipinski definition) is 6. The molecule has 1 aromatic heterocycles. The Morgan fingerprint density at radius 1 is 0.903 bits per heavy atom. The van der Waals surface area contributed by atoms with Gasteiger partial charge in [0.05, 0.1) is 22.4 Å². The average Bonchev–Trinajstić information content (AvgIpc) is 2.99. The summed E-state index contributed by atoms with van der Waals surface area (Å²) in [6, 6.07) is 8.50. The Morgan fingerprint density at radius 3 is 2.26 bits per heavy atom. The van der Waals surface area contributed by atoms with Gasteiger partial charge < -0.3 is 15.2 Å². The van der Waals surface area contributed by atoms with Crippen LogP contribution < -0.4 is 26.1 Å².